The van der Waals surface area contributed by atoms with Crippen molar-refractivity contribution < 1.29 is 4.79 Å². The first-order valence-corrected chi connectivity index (χ1v) is 7.28. The number of rotatable bonds is 2. The Labute approximate surface area is 115 Å². The molecule has 1 aliphatic rings. The molecule has 3 rings (SSSR count). The summed E-state index contributed by atoms with van der Waals surface area (Å²) in [4.78, 5) is 22.2. The van der Waals surface area contributed by atoms with E-state index in [0.29, 0.717) is 4.88 Å². The summed E-state index contributed by atoms with van der Waals surface area (Å²) in [5.41, 5.74) is 0.916. The highest BCUT2D eigenvalue weighted by molar-refractivity contribution is 7.20. The largest absolute Gasteiger partial charge is 0.347 e. The van der Waals surface area contributed by atoms with Gasteiger partial charge in [0.25, 0.3) is 5.91 Å². The van der Waals surface area contributed by atoms with Crippen LogP contribution in [-0.2, 0) is 0 Å². The van der Waals surface area contributed by atoms with Crippen molar-refractivity contribution in [3.05, 3.63) is 23.0 Å². The fraction of sp³-hybridized carbons (Fsp3) is 0.462. The number of thiophene rings is 1. The Morgan fingerprint density at radius 2 is 2.42 bits per heavy atom. The second kappa shape index (κ2) is 5.22. The third-order valence-corrected chi connectivity index (χ3v) is 4.43. The van der Waals surface area contributed by atoms with Crippen LogP contribution in [0.15, 0.2) is 12.4 Å². The molecule has 1 saturated heterocycles. The number of hydrogen-bond acceptors (Lipinski definition) is 5. The number of hydrogen-bond donors (Lipinski definition) is 2. The Morgan fingerprint density at radius 3 is 3.16 bits per heavy atom. The normalized spacial score (nSPS) is 19.5. The average Bonchev–Trinajstić information content (AvgIpc) is 2.85. The van der Waals surface area contributed by atoms with Crippen LogP contribution in [0.25, 0.3) is 10.2 Å². The van der Waals surface area contributed by atoms with Gasteiger partial charge in [0.15, 0.2) is 0 Å². The van der Waals surface area contributed by atoms with Crippen molar-refractivity contribution in [3.63, 3.8) is 0 Å². The number of piperidine rings is 1. The highest BCUT2D eigenvalue weighted by atomic mass is 32.1. The average molecular weight is 276 g/mol. The van der Waals surface area contributed by atoms with Gasteiger partial charge in [-0.3, -0.25) is 4.79 Å². The highest BCUT2D eigenvalue weighted by Gasteiger charge is 2.18. The van der Waals surface area contributed by atoms with Gasteiger partial charge in [-0.1, -0.05) is 0 Å². The van der Waals surface area contributed by atoms with Gasteiger partial charge in [-0.25, -0.2) is 9.97 Å². The molecule has 0 spiro atoms. The standard InChI is InChI=1S/C13H16N4OS/c1-8-10-5-11(19-13(10)16-7-15-8)12(18)17-9-3-2-4-14-6-9/h5,7,9,14H,2-4,6H2,1H3,(H,17,18). The maximum Gasteiger partial charge on any atom is 0.261 e. The van der Waals surface area contributed by atoms with Crippen LogP contribution in [0, 0.1) is 6.92 Å². The minimum absolute atomic E-state index is 0.00361. The SMILES string of the molecule is Cc1ncnc2sc(C(=O)NC3CCCNC3)cc12. The summed E-state index contributed by atoms with van der Waals surface area (Å²) in [7, 11) is 0. The van der Waals surface area contributed by atoms with Gasteiger partial charge < -0.3 is 10.6 Å². The van der Waals surface area contributed by atoms with Gasteiger partial charge in [-0.15, -0.1) is 11.3 Å². The molecule has 0 saturated carbocycles. The van der Waals surface area contributed by atoms with Crippen molar-refractivity contribution in [2.75, 3.05) is 13.1 Å². The first-order chi connectivity index (χ1) is 9.24. The molecule has 6 heteroatoms. The van der Waals surface area contributed by atoms with Crippen molar-refractivity contribution in [1.82, 2.24) is 20.6 Å². The van der Waals surface area contributed by atoms with Gasteiger partial charge in [0.1, 0.15) is 11.2 Å². The molecule has 1 aliphatic heterocycles. The zero-order valence-corrected chi connectivity index (χ0v) is 11.6. The predicted molar refractivity (Wildman–Crippen MR) is 75.5 cm³/mol. The summed E-state index contributed by atoms with van der Waals surface area (Å²) in [6, 6.07) is 2.12. The molecule has 2 N–H and O–H groups in total. The summed E-state index contributed by atoms with van der Waals surface area (Å²) in [6.07, 6.45) is 3.70. The molecule has 19 heavy (non-hydrogen) atoms. The molecule has 2 aromatic rings. The van der Waals surface area contributed by atoms with E-state index in [0.717, 1.165) is 41.8 Å². The first kappa shape index (κ1) is 12.5. The van der Waals surface area contributed by atoms with E-state index in [1.54, 1.807) is 6.33 Å². The molecule has 1 atom stereocenters. The molecule has 0 radical (unpaired) electrons. The van der Waals surface area contributed by atoms with E-state index in [4.69, 9.17) is 0 Å². The Kier molecular flexibility index (Phi) is 3.44. The quantitative estimate of drug-likeness (QED) is 0.872. The summed E-state index contributed by atoms with van der Waals surface area (Å²) in [6.45, 7) is 3.84. The van der Waals surface area contributed by atoms with Gasteiger partial charge in [-0.05, 0) is 32.4 Å². The van der Waals surface area contributed by atoms with E-state index < -0.39 is 0 Å². The van der Waals surface area contributed by atoms with Gasteiger partial charge >= 0.3 is 0 Å². The third kappa shape index (κ3) is 2.59. The summed E-state index contributed by atoms with van der Waals surface area (Å²) in [5, 5.41) is 7.34. The second-order valence-electron chi connectivity index (χ2n) is 4.81. The first-order valence-electron chi connectivity index (χ1n) is 6.47. The van der Waals surface area contributed by atoms with Crippen molar-refractivity contribution in [2.45, 2.75) is 25.8 Å². The lowest BCUT2D eigenvalue weighted by Gasteiger charge is -2.23. The topological polar surface area (TPSA) is 66.9 Å². The molecule has 0 aliphatic carbocycles. The molecule has 1 amide bonds. The van der Waals surface area contributed by atoms with Crippen LogP contribution in [0.5, 0.6) is 0 Å². The molecular formula is C13H16N4OS. The smallest absolute Gasteiger partial charge is 0.261 e. The highest BCUT2D eigenvalue weighted by Crippen LogP contribution is 2.25. The molecule has 3 heterocycles. The van der Waals surface area contributed by atoms with Crippen LogP contribution in [-0.4, -0.2) is 35.0 Å². The number of fused-ring (bicyclic) bond motifs is 1. The lowest BCUT2D eigenvalue weighted by molar-refractivity contribution is 0.0935. The molecule has 1 unspecified atom stereocenters. The Balaban J connectivity index is 1.79. The zero-order chi connectivity index (χ0) is 13.2. The predicted octanol–water partition coefficient (Wildman–Crippen LogP) is 1.48. The van der Waals surface area contributed by atoms with Crippen molar-refractivity contribution in [1.29, 1.82) is 0 Å². The van der Waals surface area contributed by atoms with Gasteiger partial charge in [0.05, 0.1) is 4.88 Å². The van der Waals surface area contributed by atoms with Crippen LogP contribution in [0.2, 0.25) is 0 Å². The van der Waals surface area contributed by atoms with E-state index in [-0.39, 0.29) is 11.9 Å². The Hall–Kier alpha value is -1.53. The van der Waals surface area contributed by atoms with Crippen molar-refractivity contribution >= 4 is 27.5 Å². The van der Waals surface area contributed by atoms with Crippen LogP contribution in [0.1, 0.15) is 28.2 Å². The number of carbonyl (C=O) groups excluding carboxylic acids is 1. The summed E-state index contributed by atoms with van der Waals surface area (Å²) >= 11 is 1.42. The van der Waals surface area contributed by atoms with Crippen LogP contribution in [0.4, 0.5) is 0 Å². The number of nitrogens with zero attached hydrogens (tertiary/aromatic N) is 2. The van der Waals surface area contributed by atoms with Gasteiger partial charge in [-0.2, -0.15) is 0 Å². The molecule has 100 valence electrons. The van der Waals surface area contributed by atoms with E-state index >= 15 is 0 Å². The Morgan fingerprint density at radius 1 is 1.53 bits per heavy atom. The lowest BCUT2D eigenvalue weighted by atomic mass is 10.1. The number of carbonyl (C=O) groups is 1. The van der Waals surface area contributed by atoms with E-state index in [1.165, 1.54) is 11.3 Å². The number of aryl methyl sites for hydroxylation is 1. The minimum atomic E-state index is -0.00361. The van der Waals surface area contributed by atoms with Crippen molar-refractivity contribution in [3.8, 4) is 0 Å². The number of nitrogens with one attached hydrogen (secondary N) is 2. The molecule has 1 fully saturated rings. The minimum Gasteiger partial charge on any atom is -0.347 e. The van der Waals surface area contributed by atoms with E-state index in [9.17, 15) is 4.79 Å². The van der Waals surface area contributed by atoms with Crippen LogP contribution in [0.3, 0.4) is 0 Å². The van der Waals surface area contributed by atoms with Crippen LogP contribution < -0.4 is 10.6 Å². The number of aromatic nitrogens is 2. The van der Waals surface area contributed by atoms with Crippen molar-refractivity contribution in [2.24, 2.45) is 0 Å². The summed E-state index contributed by atoms with van der Waals surface area (Å²) < 4.78 is 0. The van der Waals surface area contributed by atoms with Gasteiger partial charge in [0.2, 0.25) is 0 Å². The maximum atomic E-state index is 12.2. The molecule has 0 bridgehead atoms. The van der Waals surface area contributed by atoms with Crippen LogP contribution >= 0.6 is 11.3 Å². The third-order valence-electron chi connectivity index (χ3n) is 3.38. The van der Waals surface area contributed by atoms with Gasteiger partial charge in [0, 0.05) is 23.7 Å². The molecule has 5 nitrogen and oxygen atoms in total. The monoisotopic (exact) mass is 276 g/mol. The molecular weight excluding hydrogens is 260 g/mol. The second-order valence-corrected chi connectivity index (χ2v) is 5.84. The van der Waals surface area contributed by atoms with E-state index in [1.807, 2.05) is 13.0 Å². The number of amides is 1. The lowest BCUT2D eigenvalue weighted by Crippen LogP contribution is -2.45. The Bertz CT molecular complexity index is 604. The fourth-order valence-corrected chi connectivity index (χ4v) is 3.27. The molecule has 2 aromatic heterocycles. The summed E-state index contributed by atoms with van der Waals surface area (Å²) in [5.74, 6) is -0.00361. The zero-order valence-electron chi connectivity index (χ0n) is 10.8. The fourth-order valence-electron chi connectivity index (χ4n) is 2.32. The van der Waals surface area contributed by atoms with E-state index in [2.05, 4.69) is 20.6 Å². The maximum absolute atomic E-state index is 12.2. The molecule has 0 aromatic carbocycles.